The second-order valence-corrected chi connectivity index (χ2v) is 6.96. The van der Waals surface area contributed by atoms with E-state index in [1.165, 1.54) is 14.3 Å². The summed E-state index contributed by atoms with van der Waals surface area (Å²) in [7, 11) is 1.91. The van der Waals surface area contributed by atoms with Crippen molar-refractivity contribution in [2.75, 3.05) is 6.54 Å². The molecule has 0 aliphatic carbocycles. The average molecular weight is 306 g/mol. The van der Waals surface area contributed by atoms with Crippen molar-refractivity contribution in [1.82, 2.24) is 20.3 Å². The van der Waals surface area contributed by atoms with E-state index >= 15 is 0 Å². The van der Waals surface area contributed by atoms with Gasteiger partial charge in [-0.1, -0.05) is 12.1 Å². The van der Waals surface area contributed by atoms with Crippen LogP contribution in [0.25, 0.3) is 9.40 Å². The fourth-order valence-corrected chi connectivity index (χ4v) is 4.44. The minimum atomic E-state index is 0.330. The fraction of sp³-hybridized carbons (Fsp3) is 0.429. The van der Waals surface area contributed by atoms with Crippen molar-refractivity contribution in [3.8, 4) is 0 Å². The topological polar surface area (TPSA) is 42.7 Å². The minimum absolute atomic E-state index is 0.330. The van der Waals surface area contributed by atoms with Gasteiger partial charge in [0.15, 0.2) is 0 Å². The van der Waals surface area contributed by atoms with Crippen LogP contribution in [-0.2, 0) is 13.5 Å². The van der Waals surface area contributed by atoms with Gasteiger partial charge in [-0.15, -0.1) is 27.8 Å². The quantitative estimate of drug-likeness (QED) is 0.759. The lowest BCUT2D eigenvalue weighted by Crippen LogP contribution is -2.23. The Bertz CT molecular complexity index is 654. The summed E-state index contributed by atoms with van der Waals surface area (Å²) in [6.07, 6.45) is 4.02. The molecular weight excluding hydrogens is 288 g/mol. The van der Waals surface area contributed by atoms with Crippen molar-refractivity contribution in [1.29, 1.82) is 0 Å². The SMILES string of the molecule is CCCNC(Cc1cn(C)nn1)c1cc2sccc2s1. The Labute approximate surface area is 126 Å². The van der Waals surface area contributed by atoms with Gasteiger partial charge < -0.3 is 5.32 Å². The van der Waals surface area contributed by atoms with Crippen LogP contribution in [-0.4, -0.2) is 21.5 Å². The van der Waals surface area contributed by atoms with Crippen molar-refractivity contribution in [2.24, 2.45) is 7.05 Å². The summed E-state index contributed by atoms with van der Waals surface area (Å²) < 4.78 is 4.53. The summed E-state index contributed by atoms with van der Waals surface area (Å²) in [4.78, 5) is 1.39. The molecule has 0 saturated heterocycles. The van der Waals surface area contributed by atoms with Crippen LogP contribution in [0.3, 0.4) is 0 Å². The standard InChI is InChI=1S/C14H18N4S2/c1-3-5-15-11(7-10-9-18(2)17-16-10)13-8-14-12(20-13)4-6-19-14/h4,6,8-9,11,15H,3,5,7H2,1-2H3. The maximum Gasteiger partial charge on any atom is 0.0846 e. The highest BCUT2D eigenvalue weighted by atomic mass is 32.1. The highest BCUT2D eigenvalue weighted by Crippen LogP contribution is 2.34. The summed E-state index contributed by atoms with van der Waals surface area (Å²) in [6.45, 7) is 3.22. The molecule has 4 nitrogen and oxygen atoms in total. The monoisotopic (exact) mass is 306 g/mol. The number of aryl methyl sites for hydroxylation is 1. The van der Waals surface area contributed by atoms with Gasteiger partial charge in [-0.3, -0.25) is 4.68 Å². The van der Waals surface area contributed by atoms with Crippen molar-refractivity contribution in [3.05, 3.63) is 34.3 Å². The third-order valence-electron chi connectivity index (χ3n) is 3.21. The van der Waals surface area contributed by atoms with Gasteiger partial charge in [0.2, 0.25) is 0 Å². The van der Waals surface area contributed by atoms with Crippen LogP contribution in [0.1, 0.15) is 30.0 Å². The first-order valence-corrected chi connectivity index (χ1v) is 8.51. The van der Waals surface area contributed by atoms with E-state index in [4.69, 9.17) is 0 Å². The normalized spacial score (nSPS) is 13.1. The lowest BCUT2D eigenvalue weighted by atomic mass is 10.1. The Morgan fingerprint density at radius 3 is 3.00 bits per heavy atom. The average Bonchev–Trinajstić information content (AvgIpc) is 3.09. The summed E-state index contributed by atoms with van der Waals surface area (Å²) >= 11 is 3.69. The van der Waals surface area contributed by atoms with Gasteiger partial charge in [-0.25, -0.2) is 0 Å². The van der Waals surface area contributed by atoms with E-state index in [-0.39, 0.29) is 0 Å². The Morgan fingerprint density at radius 1 is 1.40 bits per heavy atom. The zero-order valence-corrected chi connectivity index (χ0v) is 13.3. The van der Waals surface area contributed by atoms with Gasteiger partial charge >= 0.3 is 0 Å². The van der Waals surface area contributed by atoms with Crippen LogP contribution >= 0.6 is 22.7 Å². The molecule has 1 N–H and O–H groups in total. The lowest BCUT2D eigenvalue weighted by Gasteiger charge is -2.15. The second-order valence-electron chi connectivity index (χ2n) is 4.89. The van der Waals surface area contributed by atoms with Crippen molar-refractivity contribution >= 4 is 32.1 Å². The van der Waals surface area contributed by atoms with E-state index in [0.717, 1.165) is 25.1 Å². The van der Waals surface area contributed by atoms with Crippen LogP contribution < -0.4 is 5.32 Å². The number of aromatic nitrogens is 3. The van der Waals surface area contributed by atoms with Crippen LogP contribution in [0, 0.1) is 0 Å². The summed E-state index contributed by atoms with van der Waals surface area (Å²) in [5.74, 6) is 0. The van der Waals surface area contributed by atoms with E-state index in [1.807, 2.05) is 35.9 Å². The molecule has 3 aromatic heterocycles. The second kappa shape index (κ2) is 6.03. The number of nitrogens with one attached hydrogen (secondary N) is 1. The number of thiophene rings is 2. The molecule has 0 aliphatic rings. The van der Waals surface area contributed by atoms with E-state index in [9.17, 15) is 0 Å². The van der Waals surface area contributed by atoms with Gasteiger partial charge in [-0.05, 0) is 30.5 Å². The molecule has 20 heavy (non-hydrogen) atoms. The molecule has 1 unspecified atom stereocenters. The molecule has 0 bridgehead atoms. The number of nitrogens with zero attached hydrogens (tertiary/aromatic N) is 3. The first-order chi connectivity index (χ1) is 9.76. The molecule has 106 valence electrons. The lowest BCUT2D eigenvalue weighted by molar-refractivity contribution is 0.531. The van der Waals surface area contributed by atoms with Crippen molar-refractivity contribution in [2.45, 2.75) is 25.8 Å². The molecule has 0 radical (unpaired) electrons. The Hall–Kier alpha value is -1.24. The highest BCUT2D eigenvalue weighted by molar-refractivity contribution is 7.26. The molecule has 0 saturated carbocycles. The van der Waals surface area contributed by atoms with Gasteiger partial charge in [-0.2, -0.15) is 0 Å². The Morgan fingerprint density at radius 2 is 2.30 bits per heavy atom. The molecule has 3 aromatic rings. The smallest absolute Gasteiger partial charge is 0.0846 e. The van der Waals surface area contributed by atoms with Crippen LogP contribution in [0.15, 0.2) is 23.7 Å². The Balaban J connectivity index is 1.83. The molecule has 6 heteroatoms. The van der Waals surface area contributed by atoms with Gasteiger partial charge in [0, 0.05) is 40.0 Å². The van der Waals surface area contributed by atoms with Crippen LogP contribution in [0.2, 0.25) is 0 Å². The zero-order chi connectivity index (χ0) is 13.9. The van der Waals surface area contributed by atoms with E-state index < -0.39 is 0 Å². The molecule has 0 amide bonds. The molecule has 0 fully saturated rings. The highest BCUT2D eigenvalue weighted by Gasteiger charge is 2.16. The molecule has 3 heterocycles. The van der Waals surface area contributed by atoms with Crippen molar-refractivity contribution in [3.63, 3.8) is 0 Å². The summed E-state index contributed by atoms with van der Waals surface area (Å²) in [5.41, 5.74) is 1.04. The van der Waals surface area contributed by atoms with Gasteiger partial charge in [0.25, 0.3) is 0 Å². The van der Waals surface area contributed by atoms with Crippen molar-refractivity contribution < 1.29 is 0 Å². The van der Waals surface area contributed by atoms with E-state index in [2.05, 4.69) is 40.1 Å². The van der Waals surface area contributed by atoms with Crippen LogP contribution in [0.5, 0.6) is 0 Å². The molecule has 0 aliphatic heterocycles. The first-order valence-electron chi connectivity index (χ1n) is 6.81. The summed E-state index contributed by atoms with van der Waals surface area (Å²) in [6, 6.07) is 4.85. The number of fused-ring (bicyclic) bond motifs is 1. The molecule has 0 spiro atoms. The maximum atomic E-state index is 4.21. The molecule has 3 rings (SSSR count). The summed E-state index contributed by atoms with van der Waals surface area (Å²) in [5, 5.41) is 14.0. The molecule has 1 atom stereocenters. The zero-order valence-electron chi connectivity index (χ0n) is 11.7. The third-order valence-corrected chi connectivity index (χ3v) is 5.41. The van der Waals surface area contributed by atoms with Crippen LogP contribution in [0.4, 0.5) is 0 Å². The predicted octanol–water partition coefficient (Wildman–Crippen LogP) is 3.37. The Kier molecular flexibility index (Phi) is 4.14. The van der Waals surface area contributed by atoms with Gasteiger partial charge in [0.05, 0.1) is 5.69 Å². The van der Waals surface area contributed by atoms with Gasteiger partial charge in [0.1, 0.15) is 0 Å². The maximum absolute atomic E-state index is 4.21. The molecule has 0 aromatic carbocycles. The number of hydrogen-bond acceptors (Lipinski definition) is 5. The van der Waals surface area contributed by atoms with E-state index in [1.54, 1.807) is 4.68 Å². The fourth-order valence-electron chi connectivity index (χ4n) is 2.25. The third kappa shape index (κ3) is 2.92. The van der Waals surface area contributed by atoms with E-state index in [0.29, 0.717) is 6.04 Å². The number of rotatable bonds is 6. The first kappa shape index (κ1) is 13.7. The predicted molar refractivity (Wildman–Crippen MR) is 85.4 cm³/mol. The number of hydrogen-bond donors (Lipinski definition) is 1. The largest absolute Gasteiger partial charge is 0.309 e. The molecular formula is C14H18N4S2. The minimum Gasteiger partial charge on any atom is -0.309 e.